The van der Waals surface area contributed by atoms with Crippen LogP contribution in [0.5, 0.6) is 0 Å². The van der Waals surface area contributed by atoms with Crippen molar-refractivity contribution >= 4 is 27.7 Å². The fourth-order valence-electron chi connectivity index (χ4n) is 3.83. The van der Waals surface area contributed by atoms with E-state index in [0.717, 1.165) is 28.8 Å². The maximum absolute atomic E-state index is 13.3. The monoisotopic (exact) mass is 464 g/mol. The molecule has 2 aromatic heterocycles. The van der Waals surface area contributed by atoms with Crippen LogP contribution in [0.15, 0.2) is 88.8 Å². The topological polar surface area (TPSA) is 69.0 Å². The Labute approximate surface area is 192 Å². The molecule has 0 bridgehead atoms. The summed E-state index contributed by atoms with van der Waals surface area (Å²) in [6.07, 6.45) is 2.87. The summed E-state index contributed by atoms with van der Waals surface area (Å²) in [5.74, 6) is 0. The number of pyridine rings is 1. The summed E-state index contributed by atoms with van der Waals surface area (Å²) in [6.45, 7) is 2.12. The number of aromatic nitrogens is 2. The molecular formula is C25H21ClN2O3S. The highest BCUT2D eigenvalue weighted by atomic mass is 35.5. The molecule has 0 amide bonds. The lowest BCUT2D eigenvalue weighted by atomic mass is 10.0. The molecule has 4 aromatic rings. The lowest BCUT2D eigenvalue weighted by Crippen LogP contribution is -2.07. The van der Waals surface area contributed by atoms with Gasteiger partial charge in [0.05, 0.1) is 16.3 Å². The SMILES string of the molecule is Cc1c(Cc2ccccc2S(=O)(=O)c2ccccc2)cc(-c2ccnc(Cl)c2)n1CC=O. The molecule has 32 heavy (non-hydrogen) atoms. The molecule has 5 nitrogen and oxygen atoms in total. The van der Waals surface area contributed by atoms with Crippen molar-refractivity contribution < 1.29 is 13.2 Å². The second-order valence-electron chi connectivity index (χ2n) is 7.39. The van der Waals surface area contributed by atoms with Gasteiger partial charge in [0.15, 0.2) is 0 Å². The van der Waals surface area contributed by atoms with Gasteiger partial charge in [-0.3, -0.25) is 0 Å². The Kier molecular flexibility index (Phi) is 6.26. The van der Waals surface area contributed by atoms with E-state index in [-0.39, 0.29) is 16.3 Å². The average Bonchev–Trinajstić information content (AvgIpc) is 3.10. The van der Waals surface area contributed by atoms with Gasteiger partial charge in [-0.15, -0.1) is 0 Å². The number of hydrogen-bond donors (Lipinski definition) is 0. The van der Waals surface area contributed by atoms with Crippen LogP contribution in [-0.2, 0) is 27.6 Å². The number of hydrogen-bond acceptors (Lipinski definition) is 4. The summed E-state index contributed by atoms with van der Waals surface area (Å²) < 4.78 is 28.5. The second-order valence-corrected chi connectivity index (χ2v) is 9.69. The van der Waals surface area contributed by atoms with Crippen molar-refractivity contribution in [1.29, 1.82) is 0 Å². The van der Waals surface area contributed by atoms with Crippen LogP contribution in [0, 0.1) is 6.92 Å². The standard InChI is InChI=1S/C25H21ClN2O3S/c1-18-21(16-23(28(18)13-14-29)19-11-12-27-25(26)17-19)15-20-7-5-6-10-24(20)32(30,31)22-8-3-2-4-9-22/h2-12,14,16-17H,13,15H2,1H3. The number of rotatable bonds is 7. The van der Waals surface area contributed by atoms with Crippen molar-refractivity contribution in [2.24, 2.45) is 0 Å². The largest absolute Gasteiger partial charge is 0.337 e. The van der Waals surface area contributed by atoms with Crippen LogP contribution in [0.3, 0.4) is 0 Å². The van der Waals surface area contributed by atoms with Crippen molar-refractivity contribution in [2.75, 3.05) is 0 Å². The zero-order valence-corrected chi connectivity index (χ0v) is 19.0. The van der Waals surface area contributed by atoms with Gasteiger partial charge in [-0.25, -0.2) is 13.4 Å². The zero-order chi connectivity index (χ0) is 22.7. The van der Waals surface area contributed by atoms with Gasteiger partial charge in [0.2, 0.25) is 9.84 Å². The quantitative estimate of drug-likeness (QED) is 0.280. The molecule has 0 fully saturated rings. The third-order valence-corrected chi connectivity index (χ3v) is 7.52. The van der Waals surface area contributed by atoms with Crippen LogP contribution in [0.2, 0.25) is 5.15 Å². The fourth-order valence-corrected chi connectivity index (χ4v) is 5.52. The molecule has 0 aliphatic rings. The number of carbonyl (C=O) groups is 1. The zero-order valence-electron chi connectivity index (χ0n) is 17.4. The van der Waals surface area contributed by atoms with Crippen LogP contribution >= 0.6 is 11.6 Å². The molecule has 0 radical (unpaired) electrons. The van der Waals surface area contributed by atoms with Gasteiger partial charge >= 0.3 is 0 Å². The molecule has 2 aromatic carbocycles. The number of nitrogens with zero attached hydrogens (tertiary/aromatic N) is 2. The Balaban J connectivity index is 1.80. The van der Waals surface area contributed by atoms with Crippen LogP contribution < -0.4 is 0 Å². The molecule has 162 valence electrons. The maximum Gasteiger partial charge on any atom is 0.206 e. The molecule has 7 heteroatoms. The summed E-state index contributed by atoms with van der Waals surface area (Å²) in [5.41, 5.74) is 4.20. The van der Waals surface area contributed by atoms with E-state index in [4.69, 9.17) is 11.6 Å². The molecule has 0 saturated carbocycles. The highest BCUT2D eigenvalue weighted by molar-refractivity contribution is 7.91. The van der Waals surface area contributed by atoms with Crippen molar-refractivity contribution in [3.63, 3.8) is 0 Å². The predicted octanol–water partition coefficient (Wildman–Crippen LogP) is 5.13. The van der Waals surface area contributed by atoms with Gasteiger partial charge in [-0.05, 0) is 54.4 Å². The highest BCUT2D eigenvalue weighted by Gasteiger charge is 2.22. The van der Waals surface area contributed by atoms with Crippen LogP contribution in [0.1, 0.15) is 16.8 Å². The summed E-state index contributed by atoms with van der Waals surface area (Å²) >= 11 is 6.07. The molecule has 0 aliphatic heterocycles. The third-order valence-electron chi connectivity index (χ3n) is 5.45. The Morgan fingerprint density at radius 3 is 2.41 bits per heavy atom. The molecule has 2 heterocycles. The minimum absolute atomic E-state index is 0.186. The minimum atomic E-state index is -3.66. The Hall–Kier alpha value is -3.22. The molecule has 0 N–H and O–H groups in total. The van der Waals surface area contributed by atoms with E-state index in [2.05, 4.69) is 4.98 Å². The fraction of sp³-hybridized carbons (Fsp3) is 0.120. The molecule has 4 rings (SSSR count). The van der Waals surface area contributed by atoms with Crippen molar-refractivity contribution in [1.82, 2.24) is 9.55 Å². The van der Waals surface area contributed by atoms with E-state index in [0.29, 0.717) is 17.1 Å². The maximum atomic E-state index is 13.3. The van der Waals surface area contributed by atoms with E-state index >= 15 is 0 Å². The molecule has 0 atom stereocenters. The van der Waals surface area contributed by atoms with E-state index < -0.39 is 9.84 Å². The van der Waals surface area contributed by atoms with Gasteiger partial charge in [-0.1, -0.05) is 48.0 Å². The third kappa shape index (κ3) is 4.24. The van der Waals surface area contributed by atoms with E-state index in [1.165, 1.54) is 0 Å². The first-order valence-electron chi connectivity index (χ1n) is 10.0. The summed E-state index contributed by atoms with van der Waals surface area (Å²) in [7, 11) is -3.66. The Morgan fingerprint density at radius 2 is 1.69 bits per heavy atom. The summed E-state index contributed by atoms with van der Waals surface area (Å²) in [6, 6.07) is 21.0. The van der Waals surface area contributed by atoms with Crippen LogP contribution in [-0.4, -0.2) is 24.3 Å². The molecule has 0 spiro atoms. The van der Waals surface area contributed by atoms with Gasteiger partial charge in [0, 0.05) is 29.6 Å². The van der Waals surface area contributed by atoms with Gasteiger partial charge in [0.25, 0.3) is 0 Å². The van der Waals surface area contributed by atoms with Crippen molar-refractivity contribution in [3.8, 4) is 11.3 Å². The number of sulfone groups is 1. The van der Waals surface area contributed by atoms with Crippen molar-refractivity contribution in [2.45, 2.75) is 29.7 Å². The lowest BCUT2D eigenvalue weighted by molar-refractivity contribution is -0.108. The Morgan fingerprint density at radius 1 is 0.969 bits per heavy atom. The Bertz CT molecular complexity index is 1380. The average molecular weight is 465 g/mol. The second kappa shape index (κ2) is 9.10. The molecule has 0 saturated heterocycles. The number of aldehydes is 1. The molecule has 0 aliphatic carbocycles. The van der Waals surface area contributed by atoms with Gasteiger partial charge in [0.1, 0.15) is 11.4 Å². The first-order valence-corrected chi connectivity index (χ1v) is 11.9. The minimum Gasteiger partial charge on any atom is -0.337 e. The van der Waals surface area contributed by atoms with Crippen molar-refractivity contribution in [3.05, 3.63) is 101 Å². The number of benzene rings is 2. The highest BCUT2D eigenvalue weighted by Crippen LogP contribution is 2.31. The predicted molar refractivity (Wildman–Crippen MR) is 125 cm³/mol. The number of carbonyl (C=O) groups excluding carboxylic acids is 1. The van der Waals surface area contributed by atoms with E-state index in [9.17, 15) is 13.2 Å². The van der Waals surface area contributed by atoms with Gasteiger partial charge < -0.3 is 9.36 Å². The van der Waals surface area contributed by atoms with Crippen LogP contribution in [0.25, 0.3) is 11.3 Å². The van der Waals surface area contributed by atoms with Gasteiger partial charge in [-0.2, -0.15) is 0 Å². The van der Waals surface area contributed by atoms with E-state index in [1.807, 2.05) is 35.8 Å². The summed E-state index contributed by atoms with van der Waals surface area (Å²) in [4.78, 5) is 15.9. The smallest absolute Gasteiger partial charge is 0.206 e. The summed E-state index contributed by atoms with van der Waals surface area (Å²) in [5, 5.41) is 0.361. The lowest BCUT2D eigenvalue weighted by Gasteiger charge is -2.11. The van der Waals surface area contributed by atoms with Crippen LogP contribution in [0.4, 0.5) is 0 Å². The first kappa shape index (κ1) is 22.0. The normalized spacial score (nSPS) is 11.4. The first-order chi connectivity index (χ1) is 15.4. The number of halogens is 1. The van der Waals surface area contributed by atoms with E-state index in [1.54, 1.807) is 54.7 Å². The molecular weight excluding hydrogens is 444 g/mol. The molecule has 0 unspecified atom stereocenters.